The molecule has 0 radical (unpaired) electrons. The molecule has 2 heterocycles. The van der Waals surface area contributed by atoms with Crippen LogP contribution in [0.1, 0.15) is 10.7 Å². The molecule has 1 N–H and O–H groups in total. The highest BCUT2D eigenvalue weighted by Gasteiger charge is 2.17. The molecule has 152 valence electrons. The van der Waals surface area contributed by atoms with Crippen LogP contribution < -0.4 is 5.32 Å². The molecule has 0 unspecified atom stereocenters. The molecule has 0 aliphatic heterocycles. The highest BCUT2D eigenvalue weighted by atomic mass is 35.5. The van der Waals surface area contributed by atoms with Crippen LogP contribution in [0.5, 0.6) is 0 Å². The van der Waals surface area contributed by atoms with E-state index in [4.69, 9.17) is 11.6 Å². The van der Waals surface area contributed by atoms with Crippen molar-refractivity contribution in [2.24, 2.45) is 0 Å². The van der Waals surface area contributed by atoms with Crippen molar-refractivity contribution in [2.75, 3.05) is 11.1 Å². The fourth-order valence-corrected chi connectivity index (χ4v) is 4.39. The Morgan fingerprint density at radius 1 is 1.10 bits per heavy atom. The van der Waals surface area contributed by atoms with E-state index in [0.29, 0.717) is 22.3 Å². The van der Waals surface area contributed by atoms with Gasteiger partial charge in [-0.05, 0) is 60.0 Å². The number of thiophene rings is 1. The van der Waals surface area contributed by atoms with Crippen molar-refractivity contribution < 1.29 is 9.18 Å². The lowest BCUT2D eigenvalue weighted by Crippen LogP contribution is -2.14. The number of halogens is 2. The van der Waals surface area contributed by atoms with E-state index >= 15 is 0 Å². The standard InChI is InChI=1S/C21H16ClFN4OS2/c22-14-3-9-17(10-4-14)27-19(12-18-2-1-11-29-18)25-26-21(27)30-13-20(28)24-16-7-5-15(23)6-8-16/h1-11H,12-13H2,(H,24,28). The summed E-state index contributed by atoms with van der Waals surface area (Å²) in [6.45, 7) is 0. The van der Waals surface area contributed by atoms with Gasteiger partial charge >= 0.3 is 0 Å². The van der Waals surface area contributed by atoms with Crippen LogP contribution in [0.3, 0.4) is 0 Å². The Morgan fingerprint density at radius 2 is 1.87 bits per heavy atom. The van der Waals surface area contributed by atoms with Crippen LogP contribution >= 0.6 is 34.7 Å². The number of hydrogen-bond acceptors (Lipinski definition) is 5. The van der Waals surface area contributed by atoms with Crippen molar-refractivity contribution >= 4 is 46.3 Å². The second-order valence-electron chi connectivity index (χ2n) is 6.31. The fraction of sp³-hybridized carbons (Fsp3) is 0.0952. The number of nitrogens with zero attached hydrogens (tertiary/aromatic N) is 3. The second-order valence-corrected chi connectivity index (χ2v) is 8.72. The topological polar surface area (TPSA) is 59.8 Å². The Bertz CT molecular complexity index is 1130. The summed E-state index contributed by atoms with van der Waals surface area (Å²) in [7, 11) is 0. The van der Waals surface area contributed by atoms with E-state index in [9.17, 15) is 9.18 Å². The van der Waals surface area contributed by atoms with Gasteiger partial charge in [-0.25, -0.2) is 4.39 Å². The van der Waals surface area contributed by atoms with Gasteiger partial charge in [0.25, 0.3) is 0 Å². The Balaban J connectivity index is 1.53. The zero-order valence-electron chi connectivity index (χ0n) is 15.6. The van der Waals surface area contributed by atoms with E-state index in [2.05, 4.69) is 21.6 Å². The maximum atomic E-state index is 13.0. The molecule has 0 saturated heterocycles. The number of thioether (sulfide) groups is 1. The molecule has 5 nitrogen and oxygen atoms in total. The Hall–Kier alpha value is -2.68. The lowest BCUT2D eigenvalue weighted by atomic mass is 10.3. The molecule has 4 rings (SSSR count). The Kier molecular flexibility index (Phi) is 6.47. The molecule has 9 heteroatoms. The fourth-order valence-electron chi connectivity index (χ4n) is 2.79. The van der Waals surface area contributed by atoms with Gasteiger partial charge in [0.2, 0.25) is 5.91 Å². The van der Waals surface area contributed by atoms with Crippen LogP contribution in [0.15, 0.2) is 71.2 Å². The number of hydrogen-bond donors (Lipinski definition) is 1. The molecule has 2 aromatic carbocycles. The maximum Gasteiger partial charge on any atom is 0.234 e. The summed E-state index contributed by atoms with van der Waals surface area (Å²) >= 11 is 8.97. The van der Waals surface area contributed by atoms with Crippen LogP contribution in [-0.4, -0.2) is 26.4 Å². The minimum atomic E-state index is -0.350. The van der Waals surface area contributed by atoms with Crippen molar-refractivity contribution in [2.45, 2.75) is 11.6 Å². The van der Waals surface area contributed by atoms with E-state index in [-0.39, 0.29) is 17.5 Å². The van der Waals surface area contributed by atoms with Crippen LogP contribution in [0.2, 0.25) is 5.02 Å². The third-order valence-electron chi connectivity index (χ3n) is 4.16. The molecule has 0 saturated carbocycles. The molecule has 1 amide bonds. The van der Waals surface area contributed by atoms with Gasteiger partial charge in [0.15, 0.2) is 5.16 Å². The molecule has 0 fully saturated rings. The highest BCUT2D eigenvalue weighted by molar-refractivity contribution is 7.99. The number of anilines is 1. The number of amides is 1. The molecule has 0 aliphatic carbocycles. The van der Waals surface area contributed by atoms with E-state index in [0.717, 1.165) is 11.5 Å². The molecular weight excluding hydrogens is 443 g/mol. The summed E-state index contributed by atoms with van der Waals surface area (Å²) in [5.41, 5.74) is 1.41. The zero-order valence-corrected chi connectivity index (χ0v) is 18.0. The number of carbonyl (C=O) groups excluding carboxylic acids is 1. The van der Waals surface area contributed by atoms with Gasteiger partial charge in [0.1, 0.15) is 11.6 Å². The van der Waals surface area contributed by atoms with E-state index in [1.807, 2.05) is 40.3 Å². The summed E-state index contributed by atoms with van der Waals surface area (Å²) in [6.07, 6.45) is 0.635. The number of benzene rings is 2. The minimum Gasteiger partial charge on any atom is -0.325 e. The predicted molar refractivity (Wildman–Crippen MR) is 119 cm³/mol. The van der Waals surface area contributed by atoms with Crippen LogP contribution in [0.25, 0.3) is 5.69 Å². The van der Waals surface area contributed by atoms with E-state index < -0.39 is 0 Å². The average Bonchev–Trinajstić information content (AvgIpc) is 3.39. The van der Waals surface area contributed by atoms with Crippen LogP contribution in [0, 0.1) is 5.82 Å². The van der Waals surface area contributed by atoms with Crippen LogP contribution in [-0.2, 0) is 11.2 Å². The first kappa shape index (κ1) is 20.6. The SMILES string of the molecule is O=C(CSc1nnc(Cc2cccs2)n1-c1ccc(Cl)cc1)Nc1ccc(F)cc1. The molecule has 0 atom stereocenters. The average molecular weight is 459 g/mol. The van der Waals surface area contributed by atoms with Crippen molar-refractivity contribution in [3.63, 3.8) is 0 Å². The summed E-state index contributed by atoms with van der Waals surface area (Å²) in [5.74, 6) is 0.359. The van der Waals surface area contributed by atoms with Crippen molar-refractivity contribution in [1.29, 1.82) is 0 Å². The molecule has 0 spiro atoms. The van der Waals surface area contributed by atoms with Gasteiger partial charge in [-0.1, -0.05) is 29.4 Å². The normalized spacial score (nSPS) is 10.9. The van der Waals surface area contributed by atoms with Gasteiger partial charge in [0.05, 0.1) is 5.75 Å². The van der Waals surface area contributed by atoms with Crippen LogP contribution in [0.4, 0.5) is 10.1 Å². The zero-order chi connectivity index (χ0) is 20.9. The van der Waals surface area contributed by atoms with Gasteiger partial charge in [-0.3, -0.25) is 9.36 Å². The number of nitrogens with one attached hydrogen (secondary N) is 1. The first-order valence-electron chi connectivity index (χ1n) is 8.99. The third kappa shape index (κ3) is 5.08. The molecule has 4 aromatic rings. The molecular formula is C21H16ClFN4OS2. The van der Waals surface area contributed by atoms with Crippen molar-refractivity contribution in [1.82, 2.24) is 14.8 Å². The first-order chi connectivity index (χ1) is 14.6. The number of rotatable bonds is 7. The lowest BCUT2D eigenvalue weighted by molar-refractivity contribution is -0.113. The molecule has 30 heavy (non-hydrogen) atoms. The summed E-state index contributed by atoms with van der Waals surface area (Å²) in [5, 5.41) is 14.7. The van der Waals surface area contributed by atoms with Crippen molar-refractivity contribution in [3.8, 4) is 5.69 Å². The predicted octanol–water partition coefficient (Wildman–Crippen LogP) is 5.44. The summed E-state index contributed by atoms with van der Waals surface area (Å²) in [4.78, 5) is 13.5. The van der Waals surface area contributed by atoms with E-state index in [1.54, 1.807) is 11.3 Å². The van der Waals surface area contributed by atoms with Gasteiger partial charge < -0.3 is 5.32 Å². The second kappa shape index (κ2) is 9.42. The third-order valence-corrected chi connectivity index (χ3v) is 6.22. The first-order valence-corrected chi connectivity index (χ1v) is 11.2. The largest absolute Gasteiger partial charge is 0.325 e. The Labute approximate surface area is 185 Å². The quantitative estimate of drug-likeness (QED) is 0.374. The van der Waals surface area contributed by atoms with Gasteiger partial charge in [0, 0.05) is 27.7 Å². The van der Waals surface area contributed by atoms with Crippen molar-refractivity contribution in [3.05, 3.63) is 87.6 Å². The maximum absolute atomic E-state index is 13.0. The Morgan fingerprint density at radius 3 is 2.57 bits per heavy atom. The molecule has 0 aliphatic rings. The molecule has 0 bridgehead atoms. The smallest absolute Gasteiger partial charge is 0.234 e. The lowest BCUT2D eigenvalue weighted by Gasteiger charge is -2.10. The monoisotopic (exact) mass is 458 g/mol. The highest BCUT2D eigenvalue weighted by Crippen LogP contribution is 2.25. The van der Waals surface area contributed by atoms with E-state index in [1.165, 1.54) is 40.9 Å². The number of aromatic nitrogens is 3. The number of carbonyl (C=O) groups is 1. The van der Waals surface area contributed by atoms with Gasteiger partial charge in [-0.2, -0.15) is 0 Å². The minimum absolute atomic E-state index is 0.141. The summed E-state index contributed by atoms with van der Waals surface area (Å²) < 4.78 is 15.0. The molecule has 2 aromatic heterocycles. The van der Waals surface area contributed by atoms with Gasteiger partial charge in [-0.15, -0.1) is 21.5 Å². The summed E-state index contributed by atoms with van der Waals surface area (Å²) in [6, 6.07) is 17.1.